The zero-order valence-corrected chi connectivity index (χ0v) is 12.6. The van der Waals surface area contributed by atoms with Crippen molar-refractivity contribution in [1.29, 1.82) is 0 Å². The van der Waals surface area contributed by atoms with Gasteiger partial charge in [0.25, 0.3) is 6.47 Å². The quantitative estimate of drug-likeness (QED) is 0.800. The van der Waals surface area contributed by atoms with Crippen LogP contribution < -0.4 is 4.90 Å². The van der Waals surface area contributed by atoms with Gasteiger partial charge in [0.15, 0.2) is 6.23 Å². The molecule has 0 fully saturated rings. The molecule has 0 aromatic heterocycles. The van der Waals surface area contributed by atoms with Gasteiger partial charge in [0.2, 0.25) is 0 Å². The molecule has 3 rings (SSSR count). The van der Waals surface area contributed by atoms with Gasteiger partial charge < -0.3 is 9.64 Å². The minimum Gasteiger partial charge on any atom is -0.444 e. The Hall–Kier alpha value is -2.29. The van der Waals surface area contributed by atoms with Crippen LogP contribution in [0.15, 0.2) is 36.4 Å². The number of hydrogen-bond donors (Lipinski definition) is 0. The molecule has 0 radical (unpaired) electrons. The van der Waals surface area contributed by atoms with Crippen LogP contribution >= 0.6 is 0 Å². The van der Waals surface area contributed by atoms with Crippen LogP contribution in [0, 0.1) is 13.8 Å². The normalized spacial score (nSPS) is 14.1. The maximum Gasteiger partial charge on any atom is 0.295 e. The highest BCUT2D eigenvalue weighted by Crippen LogP contribution is 2.41. The van der Waals surface area contributed by atoms with E-state index in [1.54, 1.807) is 0 Å². The van der Waals surface area contributed by atoms with E-state index in [1.165, 1.54) is 22.3 Å². The summed E-state index contributed by atoms with van der Waals surface area (Å²) in [6, 6.07) is 12.7. The Morgan fingerprint density at radius 2 is 1.81 bits per heavy atom. The van der Waals surface area contributed by atoms with Gasteiger partial charge >= 0.3 is 0 Å². The second-order valence-corrected chi connectivity index (χ2v) is 5.57. The molecular formula is C18H19NO2. The third kappa shape index (κ3) is 2.29. The lowest BCUT2D eigenvalue weighted by atomic mass is 9.92. The first kappa shape index (κ1) is 13.7. The van der Waals surface area contributed by atoms with Gasteiger partial charge in [-0.2, -0.15) is 0 Å². The van der Waals surface area contributed by atoms with E-state index in [-0.39, 0.29) is 6.23 Å². The second-order valence-electron chi connectivity index (χ2n) is 5.57. The Bertz CT molecular complexity index is 694. The van der Waals surface area contributed by atoms with Crippen LogP contribution in [0.2, 0.25) is 0 Å². The number of hydrogen-bond acceptors (Lipinski definition) is 3. The summed E-state index contributed by atoms with van der Waals surface area (Å²) in [6.45, 7) is 6.66. The number of carbonyl (C=O) groups excluding carboxylic acids is 1. The third-order valence-corrected chi connectivity index (χ3v) is 4.20. The Balaban J connectivity index is 2.18. The molecule has 2 aromatic carbocycles. The molecule has 0 spiro atoms. The Kier molecular flexibility index (Phi) is 3.42. The first-order valence-electron chi connectivity index (χ1n) is 7.18. The van der Waals surface area contributed by atoms with Crippen molar-refractivity contribution in [3.05, 3.63) is 58.7 Å². The summed E-state index contributed by atoms with van der Waals surface area (Å²) in [6.07, 6.45) is 0.585. The molecule has 2 aromatic rings. The number of ether oxygens (including phenoxy) is 1. The summed E-state index contributed by atoms with van der Waals surface area (Å²) in [7, 11) is 0. The van der Waals surface area contributed by atoms with Crippen molar-refractivity contribution in [1.82, 2.24) is 0 Å². The second kappa shape index (κ2) is 5.24. The van der Waals surface area contributed by atoms with Gasteiger partial charge in [-0.1, -0.05) is 24.3 Å². The van der Waals surface area contributed by atoms with Gasteiger partial charge in [-0.05, 0) is 55.2 Å². The molecule has 1 heterocycles. The van der Waals surface area contributed by atoms with E-state index in [1.807, 2.05) is 19.1 Å². The highest BCUT2D eigenvalue weighted by Gasteiger charge is 2.27. The molecule has 0 saturated carbocycles. The van der Waals surface area contributed by atoms with Crippen molar-refractivity contribution >= 4 is 17.8 Å². The molecule has 0 saturated heterocycles. The summed E-state index contributed by atoms with van der Waals surface area (Å²) in [4.78, 5) is 12.9. The zero-order chi connectivity index (χ0) is 15.0. The Labute approximate surface area is 125 Å². The molecular weight excluding hydrogens is 262 g/mol. The number of benzene rings is 2. The fourth-order valence-corrected chi connectivity index (χ4v) is 2.99. The number of nitrogens with zero attached hydrogens (tertiary/aromatic N) is 1. The van der Waals surface area contributed by atoms with Crippen molar-refractivity contribution < 1.29 is 9.53 Å². The van der Waals surface area contributed by atoms with Crippen LogP contribution in [-0.2, 0) is 16.0 Å². The summed E-state index contributed by atoms with van der Waals surface area (Å²) < 4.78 is 5.21. The number of carbonyl (C=O) groups is 1. The van der Waals surface area contributed by atoms with Crippen LogP contribution in [0.5, 0.6) is 0 Å². The van der Waals surface area contributed by atoms with Crippen LogP contribution in [0.25, 0.3) is 0 Å². The van der Waals surface area contributed by atoms with Gasteiger partial charge in [-0.15, -0.1) is 0 Å². The van der Waals surface area contributed by atoms with Gasteiger partial charge in [-0.3, -0.25) is 4.79 Å². The molecule has 3 nitrogen and oxygen atoms in total. The number of para-hydroxylation sites is 1. The van der Waals surface area contributed by atoms with E-state index < -0.39 is 0 Å². The predicted octanol–water partition coefficient (Wildman–Crippen LogP) is 3.86. The van der Waals surface area contributed by atoms with Gasteiger partial charge in [0.1, 0.15) is 0 Å². The molecule has 0 amide bonds. The van der Waals surface area contributed by atoms with E-state index in [4.69, 9.17) is 4.74 Å². The smallest absolute Gasteiger partial charge is 0.295 e. The molecule has 21 heavy (non-hydrogen) atoms. The third-order valence-electron chi connectivity index (χ3n) is 4.20. The van der Waals surface area contributed by atoms with Crippen LogP contribution in [0.3, 0.4) is 0 Å². The molecule has 1 unspecified atom stereocenters. The standard InChI is InChI=1S/C18H19NO2/c1-12-8-16-10-15-6-4-5-7-17(15)19(14(3)21-11-20)18(16)9-13(12)2/h4-9,11,14H,10H2,1-3H3. The first-order valence-corrected chi connectivity index (χ1v) is 7.18. The first-order chi connectivity index (χ1) is 10.1. The van der Waals surface area contributed by atoms with Crippen molar-refractivity contribution in [2.45, 2.75) is 33.4 Å². The topological polar surface area (TPSA) is 29.5 Å². The molecule has 3 heteroatoms. The van der Waals surface area contributed by atoms with Gasteiger partial charge in [0.05, 0.1) is 0 Å². The highest BCUT2D eigenvalue weighted by molar-refractivity contribution is 5.75. The summed E-state index contributed by atoms with van der Waals surface area (Å²) in [5.74, 6) is 0. The lowest BCUT2D eigenvalue weighted by Crippen LogP contribution is -2.34. The summed E-state index contributed by atoms with van der Waals surface area (Å²) in [5, 5.41) is 0. The Morgan fingerprint density at radius 1 is 1.10 bits per heavy atom. The van der Waals surface area contributed by atoms with E-state index in [0.717, 1.165) is 17.8 Å². The molecule has 0 bridgehead atoms. The fraction of sp³-hybridized carbons (Fsp3) is 0.278. The van der Waals surface area contributed by atoms with Crippen LogP contribution in [0.1, 0.15) is 29.2 Å². The highest BCUT2D eigenvalue weighted by atomic mass is 16.5. The van der Waals surface area contributed by atoms with E-state index in [2.05, 4.69) is 43.0 Å². The minimum absolute atomic E-state index is 0.329. The molecule has 1 aliphatic heterocycles. The lowest BCUT2D eigenvalue weighted by molar-refractivity contribution is -0.132. The number of anilines is 2. The number of aryl methyl sites for hydroxylation is 2. The maximum atomic E-state index is 10.8. The van der Waals surface area contributed by atoms with Crippen molar-refractivity contribution in [2.75, 3.05) is 4.90 Å². The molecule has 1 atom stereocenters. The van der Waals surface area contributed by atoms with Crippen molar-refractivity contribution in [3.63, 3.8) is 0 Å². The molecule has 0 N–H and O–H groups in total. The maximum absolute atomic E-state index is 10.8. The minimum atomic E-state index is -0.329. The monoisotopic (exact) mass is 281 g/mol. The summed E-state index contributed by atoms with van der Waals surface area (Å²) in [5.41, 5.74) is 7.31. The predicted molar refractivity (Wildman–Crippen MR) is 83.9 cm³/mol. The van der Waals surface area contributed by atoms with Gasteiger partial charge in [-0.25, -0.2) is 0 Å². The molecule has 0 aliphatic carbocycles. The van der Waals surface area contributed by atoms with E-state index in [9.17, 15) is 4.79 Å². The van der Waals surface area contributed by atoms with Crippen LogP contribution in [0.4, 0.5) is 11.4 Å². The summed E-state index contributed by atoms with van der Waals surface area (Å²) >= 11 is 0. The average Bonchev–Trinajstić information content (AvgIpc) is 2.46. The molecule has 1 aliphatic rings. The number of fused-ring (bicyclic) bond motifs is 2. The average molecular weight is 281 g/mol. The van der Waals surface area contributed by atoms with Crippen molar-refractivity contribution in [2.24, 2.45) is 0 Å². The SMILES string of the molecule is Cc1cc2c(cc1C)N(C(C)OC=O)c1ccccc1C2. The zero-order valence-electron chi connectivity index (χ0n) is 12.6. The fourth-order valence-electron chi connectivity index (χ4n) is 2.99. The Morgan fingerprint density at radius 3 is 2.57 bits per heavy atom. The van der Waals surface area contributed by atoms with E-state index in [0.29, 0.717) is 6.47 Å². The largest absolute Gasteiger partial charge is 0.444 e. The van der Waals surface area contributed by atoms with Crippen LogP contribution in [-0.4, -0.2) is 12.7 Å². The van der Waals surface area contributed by atoms with Gasteiger partial charge in [0, 0.05) is 17.8 Å². The number of rotatable bonds is 3. The van der Waals surface area contributed by atoms with Crippen molar-refractivity contribution in [3.8, 4) is 0 Å². The lowest BCUT2D eigenvalue weighted by Gasteiger charge is -2.37. The molecule has 108 valence electrons. The van der Waals surface area contributed by atoms with E-state index >= 15 is 0 Å².